The Morgan fingerprint density at radius 3 is 2.52 bits per heavy atom. The lowest BCUT2D eigenvalue weighted by Gasteiger charge is -2.57. The average molecular weight is 448 g/mol. The number of piperidine rings is 2. The fourth-order valence-corrected chi connectivity index (χ4v) is 5.83. The highest BCUT2D eigenvalue weighted by Crippen LogP contribution is 2.49. The van der Waals surface area contributed by atoms with Gasteiger partial charge in [-0.25, -0.2) is 0 Å². The molecule has 5 rings (SSSR count). The molecule has 2 aromatic rings. The molecule has 1 N–H and O–H groups in total. The van der Waals surface area contributed by atoms with Crippen molar-refractivity contribution in [3.8, 4) is 0 Å². The summed E-state index contributed by atoms with van der Waals surface area (Å²) in [7, 11) is 2.21. The summed E-state index contributed by atoms with van der Waals surface area (Å²) < 4.78 is 0.720. The van der Waals surface area contributed by atoms with Crippen LogP contribution in [0.25, 0.3) is 0 Å². The molecule has 2 aromatic carbocycles. The topological polar surface area (TPSA) is 32.3 Å². The summed E-state index contributed by atoms with van der Waals surface area (Å²) in [5.41, 5.74) is 1.62. The number of benzene rings is 2. The van der Waals surface area contributed by atoms with Crippen molar-refractivity contribution >= 4 is 33.4 Å². The molecule has 0 radical (unpaired) electrons. The Morgan fingerprint density at radius 2 is 1.89 bits per heavy atom. The lowest BCUT2D eigenvalue weighted by Crippen LogP contribution is -2.62. The van der Waals surface area contributed by atoms with Crippen LogP contribution in [0.15, 0.2) is 53.0 Å². The Hall–Kier alpha value is -1.36. The van der Waals surface area contributed by atoms with E-state index >= 15 is 0 Å². The van der Waals surface area contributed by atoms with E-state index in [1.165, 1.54) is 12.8 Å². The van der Waals surface area contributed by atoms with Crippen molar-refractivity contribution in [2.75, 3.05) is 13.6 Å². The zero-order valence-corrected chi connectivity index (χ0v) is 17.8. The number of carbonyl (C=O) groups excluding carboxylic acids is 1. The van der Waals surface area contributed by atoms with E-state index in [2.05, 4.69) is 45.3 Å². The Bertz CT molecular complexity index is 813. The molecule has 0 spiro atoms. The van der Waals surface area contributed by atoms with E-state index in [0.29, 0.717) is 10.6 Å². The Morgan fingerprint density at radius 1 is 1.19 bits per heavy atom. The van der Waals surface area contributed by atoms with Crippen LogP contribution in [0.2, 0.25) is 5.02 Å². The van der Waals surface area contributed by atoms with Gasteiger partial charge in [0.05, 0.1) is 16.6 Å². The zero-order valence-electron chi connectivity index (χ0n) is 15.4. The molecule has 1 amide bonds. The van der Waals surface area contributed by atoms with Crippen LogP contribution in [0, 0.1) is 5.92 Å². The minimum Gasteiger partial charge on any atom is -0.343 e. The van der Waals surface area contributed by atoms with E-state index in [4.69, 9.17) is 11.6 Å². The zero-order chi connectivity index (χ0) is 19.0. The van der Waals surface area contributed by atoms with Crippen LogP contribution < -0.4 is 5.32 Å². The predicted octanol–water partition coefficient (Wildman–Crippen LogP) is 5.45. The van der Waals surface area contributed by atoms with Crippen molar-refractivity contribution in [1.82, 2.24) is 10.2 Å². The number of likely N-dealkylation sites (N-methyl/N-ethyl adjacent to an activating group) is 1. The number of hydrogen-bond acceptors (Lipinski definition) is 2. The van der Waals surface area contributed by atoms with Gasteiger partial charge < -0.3 is 5.32 Å². The third kappa shape index (κ3) is 3.43. The SMILES string of the molecule is CN1CC2CCC1(C(NC(=O)c1c(Cl)cccc1Br)c1ccccc1)CC2. The van der Waals surface area contributed by atoms with Crippen LogP contribution in [0.4, 0.5) is 0 Å². The maximum atomic E-state index is 13.2. The van der Waals surface area contributed by atoms with Gasteiger partial charge in [-0.1, -0.05) is 48.0 Å². The Balaban J connectivity index is 1.72. The molecule has 1 unspecified atom stereocenters. The highest BCUT2D eigenvalue weighted by atomic mass is 79.9. The van der Waals surface area contributed by atoms with Crippen LogP contribution in [0.5, 0.6) is 0 Å². The maximum absolute atomic E-state index is 13.2. The van der Waals surface area contributed by atoms with Gasteiger partial charge in [0.25, 0.3) is 5.91 Å². The largest absolute Gasteiger partial charge is 0.343 e. The van der Waals surface area contributed by atoms with Crippen molar-refractivity contribution in [1.29, 1.82) is 0 Å². The maximum Gasteiger partial charge on any atom is 0.254 e. The molecule has 2 heterocycles. The number of rotatable bonds is 4. The van der Waals surface area contributed by atoms with Crippen molar-refractivity contribution in [3.63, 3.8) is 0 Å². The molecule has 3 fully saturated rings. The molecule has 2 aliphatic heterocycles. The average Bonchev–Trinajstić information content (AvgIpc) is 2.67. The molecular weight excluding hydrogens is 424 g/mol. The summed E-state index contributed by atoms with van der Waals surface area (Å²) in [6.45, 7) is 1.11. The summed E-state index contributed by atoms with van der Waals surface area (Å²) in [5.74, 6) is 0.665. The first-order valence-corrected chi connectivity index (χ1v) is 10.7. The first-order valence-electron chi connectivity index (χ1n) is 9.52. The summed E-state index contributed by atoms with van der Waals surface area (Å²) in [6.07, 6.45) is 4.69. The summed E-state index contributed by atoms with van der Waals surface area (Å²) in [5, 5.41) is 3.82. The van der Waals surface area contributed by atoms with Gasteiger partial charge in [-0.05, 0) is 72.3 Å². The normalized spacial score (nSPS) is 26.0. The van der Waals surface area contributed by atoms with Crippen LogP contribution in [0.3, 0.4) is 0 Å². The minimum atomic E-state index is -0.128. The molecule has 1 aliphatic carbocycles. The quantitative estimate of drug-likeness (QED) is 0.676. The van der Waals surface area contributed by atoms with Crippen molar-refractivity contribution in [2.24, 2.45) is 5.92 Å². The first-order chi connectivity index (χ1) is 13.0. The van der Waals surface area contributed by atoms with Gasteiger partial charge in [-0.15, -0.1) is 0 Å². The van der Waals surface area contributed by atoms with E-state index < -0.39 is 0 Å². The van der Waals surface area contributed by atoms with E-state index in [1.54, 1.807) is 6.07 Å². The van der Waals surface area contributed by atoms with E-state index in [-0.39, 0.29) is 17.5 Å². The third-order valence-corrected chi connectivity index (χ3v) is 7.37. The van der Waals surface area contributed by atoms with E-state index in [1.807, 2.05) is 30.3 Å². The molecule has 0 aromatic heterocycles. The molecule has 5 heteroatoms. The van der Waals surface area contributed by atoms with E-state index in [0.717, 1.165) is 35.3 Å². The fraction of sp³-hybridized carbons (Fsp3) is 0.409. The highest BCUT2D eigenvalue weighted by Gasteiger charge is 2.50. The molecule has 3 nitrogen and oxygen atoms in total. The smallest absolute Gasteiger partial charge is 0.254 e. The van der Waals surface area contributed by atoms with Gasteiger partial charge in [0, 0.05) is 16.6 Å². The number of amides is 1. The molecule has 1 saturated carbocycles. The number of halogens is 2. The van der Waals surface area contributed by atoms with Crippen LogP contribution >= 0.6 is 27.5 Å². The number of nitrogens with one attached hydrogen (secondary N) is 1. The molecular formula is C22H24BrClN2O. The minimum absolute atomic E-state index is 0.0422. The molecule has 2 saturated heterocycles. The van der Waals surface area contributed by atoms with Crippen molar-refractivity contribution < 1.29 is 4.79 Å². The van der Waals surface area contributed by atoms with Gasteiger partial charge in [0.1, 0.15) is 0 Å². The van der Waals surface area contributed by atoms with Gasteiger partial charge in [0.2, 0.25) is 0 Å². The summed E-state index contributed by atoms with van der Waals surface area (Å²) in [4.78, 5) is 15.7. The van der Waals surface area contributed by atoms with Gasteiger partial charge >= 0.3 is 0 Å². The monoisotopic (exact) mass is 446 g/mol. The van der Waals surface area contributed by atoms with Crippen molar-refractivity contribution in [3.05, 3.63) is 69.2 Å². The second kappa shape index (κ2) is 7.57. The number of carbonyl (C=O) groups is 1. The number of nitrogens with zero attached hydrogens (tertiary/aromatic N) is 1. The van der Waals surface area contributed by atoms with Crippen molar-refractivity contribution in [2.45, 2.75) is 37.3 Å². The van der Waals surface area contributed by atoms with Gasteiger partial charge in [-0.2, -0.15) is 0 Å². The molecule has 27 heavy (non-hydrogen) atoms. The standard InChI is InChI=1S/C22H24BrClN2O/c1-26-14-15-10-12-22(26,13-11-15)20(16-6-3-2-4-7-16)25-21(27)19-17(23)8-5-9-18(19)24/h2-9,15,20H,10-14H2,1H3,(H,25,27). The molecule has 2 bridgehead atoms. The Kier molecular flexibility index (Phi) is 5.32. The molecule has 1 atom stereocenters. The summed E-state index contributed by atoms with van der Waals surface area (Å²) in [6, 6.07) is 15.7. The number of fused-ring (bicyclic) bond motifs is 3. The molecule has 142 valence electrons. The van der Waals surface area contributed by atoms with Crippen LogP contribution in [-0.4, -0.2) is 29.9 Å². The number of hydrogen-bond donors (Lipinski definition) is 1. The second-order valence-corrected chi connectivity index (χ2v) is 9.10. The van der Waals surface area contributed by atoms with Gasteiger partial charge in [-0.3, -0.25) is 9.69 Å². The Labute approximate surface area is 174 Å². The predicted molar refractivity (Wildman–Crippen MR) is 113 cm³/mol. The van der Waals surface area contributed by atoms with Crippen LogP contribution in [-0.2, 0) is 0 Å². The third-order valence-electron chi connectivity index (χ3n) is 6.40. The van der Waals surface area contributed by atoms with E-state index in [9.17, 15) is 4.79 Å². The fourth-order valence-electron chi connectivity index (χ4n) is 4.91. The van der Waals surface area contributed by atoms with Gasteiger partial charge in [0.15, 0.2) is 0 Å². The molecule has 3 aliphatic rings. The first kappa shape index (κ1) is 19.0. The lowest BCUT2D eigenvalue weighted by molar-refractivity contribution is -0.0404. The lowest BCUT2D eigenvalue weighted by atomic mass is 9.66. The second-order valence-electron chi connectivity index (χ2n) is 7.84. The summed E-state index contributed by atoms with van der Waals surface area (Å²) >= 11 is 9.83. The highest BCUT2D eigenvalue weighted by molar-refractivity contribution is 9.10. The van der Waals surface area contributed by atoms with Crippen LogP contribution in [0.1, 0.15) is 47.6 Å².